The van der Waals surface area contributed by atoms with Crippen LogP contribution in [0.3, 0.4) is 0 Å². The molecular weight excluding hydrogens is 288 g/mol. The lowest BCUT2D eigenvalue weighted by molar-refractivity contribution is 0.446. The van der Waals surface area contributed by atoms with Crippen molar-refractivity contribution in [1.82, 2.24) is 20.6 Å². The molecule has 1 aromatic carbocycles. The normalized spacial score (nSPS) is 16.2. The van der Waals surface area contributed by atoms with E-state index in [1.165, 1.54) is 5.56 Å². The minimum atomic E-state index is 0.258. The molecule has 2 aromatic rings. The van der Waals surface area contributed by atoms with E-state index in [9.17, 15) is 0 Å². The highest BCUT2D eigenvalue weighted by atomic mass is 15.3. The summed E-state index contributed by atoms with van der Waals surface area (Å²) in [6, 6.07) is 13.2. The number of nitrogen functional groups attached to an aromatic ring is 1. The number of benzene rings is 1. The van der Waals surface area contributed by atoms with Gasteiger partial charge < -0.3 is 21.3 Å². The lowest BCUT2D eigenvalue weighted by Crippen LogP contribution is -2.57. The van der Waals surface area contributed by atoms with E-state index in [0.717, 1.165) is 24.6 Å². The molecule has 4 N–H and O–H groups in total. The maximum Gasteiger partial charge on any atom is 0.222 e. The number of nitrogens with one attached hydrogen (secondary N) is 2. The fourth-order valence-corrected chi connectivity index (χ4v) is 2.72. The van der Waals surface area contributed by atoms with Crippen LogP contribution in [0.2, 0.25) is 0 Å². The summed E-state index contributed by atoms with van der Waals surface area (Å²) in [5.74, 6) is 1.24. The molecule has 122 valence electrons. The van der Waals surface area contributed by atoms with E-state index in [4.69, 9.17) is 5.73 Å². The molecule has 1 aromatic heterocycles. The second-order valence-corrected chi connectivity index (χ2v) is 5.98. The molecule has 6 nitrogen and oxygen atoms in total. The van der Waals surface area contributed by atoms with Gasteiger partial charge in [-0.3, -0.25) is 0 Å². The number of nitrogens with zero attached hydrogens (tertiary/aromatic N) is 3. The molecule has 0 aliphatic carbocycles. The lowest BCUT2D eigenvalue weighted by Gasteiger charge is -2.40. The van der Waals surface area contributed by atoms with E-state index >= 15 is 0 Å². The summed E-state index contributed by atoms with van der Waals surface area (Å²) >= 11 is 0. The van der Waals surface area contributed by atoms with Crippen LogP contribution in [0.25, 0.3) is 0 Å². The van der Waals surface area contributed by atoms with E-state index in [0.29, 0.717) is 18.5 Å². The number of anilines is 2. The summed E-state index contributed by atoms with van der Waals surface area (Å²) in [7, 11) is 1.98. The zero-order valence-corrected chi connectivity index (χ0v) is 13.7. The van der Waals surface area contributed by atoms with Crippen LogP contribution >= 0.6 is 0 Å². The average molecular weight is 312 g/mol. The molecule has 0 saturated carbocycles. The van der Waals surface area contributed by atoms with E-state index < -0.39 is 0 Å². The average Bonchev–Trinajstić information content (AvgIpc) is 2.52. The standard InChI is InChI=1S/C17H24N6/c1-12(13-6-4-3-5-7-13)20-9-14-8-16(22-17(18)21-14)23-10-15(11-23)19-2/h3-8,12,15,19-20H,9-11H2,1-2H3,(H2,18,21,22)/t12-/m0/s1. The minimum absolute atomic E-state index is 0.258. The zero-order chi connectivity index (χ0) is 16.2. The predicted molar refractivity (Wildman–Crippen MR) is 93.2 cm³/mol. The molecular formula is C17H24N6. The van der Waals surface area contributed by atoms with Gasteiger partial charge in [-0.1, -0.05) is 30.3 Å². The van der Waals surface area contributed by atoms with Crippen LogP contribution in [0.1, 0.15) is 24.2 Å². The summed E-state index contributed by atoms with van der Waals surface area (Å²) < 4.78 is 0. The molecule has 2 heterocycles. The van der Waals surface area contributed by atoms with E-state index in [1.807, 2.05) is 19.2 Å². The maximum atomic E-state index is 5.87. The molecule has 0 unspecified atom stereocenters. The van der Waals surface area contributed by atoms with Crippen LogP contribution in [-0.2, 0) is 6.54 Å². The first kappa shape index (κ1) is 15.7. The van der Waals surface area contributed by atoms with E-state index in [2.05, 4.69) is 56.7 Å². The van der Waals surface area contributed by atoms with Crippen molar-refractivity contribution in [2.24, 2.45) is 0 Å². The molecule has 1 saturated heterocycles. The number of hydrogen-bond donors (Lipinski definition) is 3. The van der Waals surface area contributed by atoms with Gasteiger partial charge in [-0.25, -0.2) is 4.98 Å². The largest absolute Gasteiger partial charge is 0.368 e. The Morgan fingerprint density at radius 2 is 2.00 bits per heavy atom. The molecule has 23 heavy (non-hydrogen) atoms. The van der Waals surface area contributed by atoms with Crippen LogP contribution in [0.5, 0.6) is 0 Å². The number of aromatic nitrogens is 2. The number of likely N-dealkylation sites (N-methyl/N-ethyl adjacent to an activating group) is 1. The van der Waals surface area contributed by atoms with Crippen molar-refractivity contribution in [1.29, 1.82) is 0 Å². The molecule has 6 heteroatoms. The topological polar surface area (TPSA) is 79.1 Å². The van der Waals surface area contributed by atoms with Crippen molar-refractivity contribution < 1.29 is 0 Å². The van der Waals surface area contributed by atoms with Gasteiger partial charge in [-0.2, -0.15) is 4.98 Å². The molecule has 0 radical (unpaired) electrons. The molecule has 1 atom stereocenters. The van der Waals surface area contributed by atoms with Crippen molar-refractivity contribution in [3.05, 3.63) is 47.7 Å². The monoisotopic (exact) mass is 312 g/mol. The third-order valence-electron chi connectivity index (χ3n) is 4.29. The molecule has 0 bridgehead atoms. The van der Waals surface area contributed by atoms with E-state index in [1.54, 1.807) is 0 Å². The highest BCUT2D eigenvalue weighted by Crippen LogP contribution is 2.20. The third kappa shape index (κ3) is 3.78. The number of nitrogens with two attached hydrogens (primary N) is 1. The second kappa shape index (κ2) is 6.93. The summed E-state index contributed by atoms with van der Waals surface area (Å²) in [5.41, 5.74) is 8.05. The van der Waals surface area contributed by atoms with Crippen molar-refractivity contribution in [2.45, 2.75) is 25.6 Å². The molecule has 3 rings (SSSR count). The summed E-state index contributed by atoms with van der Waals surface area (Å²) in [6.45, 7) is 4.73. The van der Waals surface area contributed by atoms with Crippen LogP contribution in [0.4, 0.5) is 11.8 Å². The van der Waals surface area contributed by atoms with Gasteiger partial charge >= 0.3 is 0 Å². The Morgan fingerprint density at radius 1 is 1.26 bits per heavy atom. The first-order valence-electron chi connectivity index (χ1n) is 7.99. The second-order valence-electron chi connectivity index (χ2n) is 5.98. The first-order chi connectivity index (χ1) is 11.2. The Kier molecular flexibility index (Phi) is 4.73. The Bertz CT molecular complexity index is 639. The van der Waals surface area contributed by atoms with Crippen LogP contribution in [0.15, 0.2) is 36.4 Å². The Labute approximate surface area is 137 Å². The van der Waals surface area contributed by atoms with Crippen molar-refractivity contribution in [3.8, 4) is 0 Å². The fraction of sp³-hybridized carbons (Fsp3) is 0.412. The summed E-state index contributed by atoms with van der Waals surface area (Å²) in [5, 5.41) is 6.75. The van der Waals surface area contributed by atoms with Gasteiger partial charge in [0.05, 0.1) is 5.69 Å². The smallest absolute Gasteiger partial charge is 0.222 e. The predicted octanol–water partition coefficient (Wildman–Crippen LogP) is 1.32. The van der Waals surface area contributed by atoms with Crippen LogP contribution in [0, 0.1) is 0 Å². The SMILES string of the molecule is CNC1CN(c2cc(CN[C@@H](C)c3ccccc3)nc(N)n2)C1. The Morgan fingerprint density at radius 3 is 2.70 bits per heavy atom. The van der Waals surface area contributed by atoms with Crippen LogP contribution < -0.4 is 21.3 Å². The van der Waals surface area contributed by atoms with Gasteiger partial charge in [0.1, 0.15) is 5.82 Å². The molecule has 1 aliphatic rings. The number of hydrogen-bond acceptors (Lipinski definition) is 6. The fourth-order valence-electron chi connectivity index (χ4n) is 2.72. The van der Waals surface area contributed by atoms with E-state index in [-0.39, 0.29) is 6.04 Å². The van der Waals surface area contributed by atoms with Gasteiger partial charge in [-0.15, -0.1) is 0 Å². The molecule has 0 spiro atoms. The van der Waals surface area contributed by atoms with Crippen molar-refractivity contribution in [3.63, 3.8) is 0 Å². The van der Waals surface area contributed by atoms with Crippen molar-refractivity contribution >= 4 is 11.8 Å². The minimum Gasteiger partial charge on any atom is -0.368 e. The zero-order valence-electron chi connectivity index (χ0n) is 13.7. The van der Waals surface area contributed by atoms with Gasteiger partial charge in [-0.05, 0) is 19.5 Å². The molecule has 0 amide bonds. The van der Waals surface area contributed by atoms with Crippen LogP contribution in [-0.4, -0.2) is 36.1 Å². The van der Waals surface area contributed by atoms with Gasteiger partial charge in [0.2, 0.25) is 5.95 Å². The first-order valence-corrected chi connectivity index (χ1v) is 7.99. The molecule has 1 aliphatic heterocycles. The van der Waals surface area contributed by atoms with Gasteiger partial charge in [0.25, 0.3) is 0 Å². The maximum absolute atomic E-state index is 5.87. The molecule has 1 fully saturated rings. The Balaban J connectivity index is 1.63. The third-order valence-corrected chi connectivity index (χ3v) is 4.29. The van der Waals surface area contributed by atoms with Gasteiger partial charge in [0, 0.05) is 37.8 Å². The number of rotatable bonds is 6. The summed E-state index contributed by atoms with van der Waals surface area (Å²) in [6.07, 6.45) is 0. The highest BCUT2D eigenvalue weighted by Gasteiger charge is 2.26. The lowest BCUT2D eigenvalue weighted by atomic mass is 10.1. The van der Waals surface area contributed by atoms with Crippen molar-refractivity contribution in [2.75, 3.05) is 30.8 Å². The quantitative estimate of drug-likeness (QED) is 0.746. The highest BCUT2D eigenvalue weighted by molar-refractivity contribution is 5.46. The van der Waals surface area contributed by atoms with Gasteiger partial charge in [0.15, 0.2) is 0 Å². The Hall–Kier alpha value is -2.18. The summed E-state index contributed by atoms with van der Waals surface area (Å²) in [4.78, 5) is 10.9.